The molecule has 1 heterocycles. The average molecular weight is 251 g/mol. The van der Waals surface area contributed by atoms with Crippen LogP contribution in [0.1, 0.15) is 31.4 Å². The smallest absolute Gasteiger partial charge is 0.113 e. The van der Waals surface area contributed by atoms with Crippen LogP contribution in [0.4, 0.5) is 0 Å². The first-order valence-electron chi connectivity index (χ1n) is 6.86. The number of aliphatic hydroxyl groups is 1. The zero-order valence-electron chi connectivity index (χ0n) is 10.8. The molecule has 1 saturated carbocycles. The molecule has 0 amide bonds. The summed E-state index contributed by atoms with van der Waals surface area (Å²) in [5.74, 6) is 6.73. The van der Waals surface area contributed by atoms with Crippen molar-refractivity contribution < 1.29 is 5.11 Å². The lowest BCUT2D eigenvalue weighted by atomic mass is 10.1. The van der Waals surface area contributed by atoms with Gasteiger partial charge >= 0.3 is 0 Å². The summed E-state index contributed by atoms with van der Waals surface area (Å²) in [5, 5.41) is 10.9. The van der Waals surface area contributed by atoms with Crippen LogP contribution in [0.2, 0.25) is 0 Å². The maximum Gasteiger partial charge on any atom is 0.113 e. The molecule has 2 nitrogen and oxygen atoms in total. The first-order valence-corrected chi connectivity index (χ1v) is 6.86. The lowest BCUT2D eigenvalue weighted by molar-refractivity contribution is 0.143. The molecular weight excluding hydrogens is 234 g/mol. The molecule has 1 atom stereocenters. The van der Waals surface area contributed by atoms with Gasteiger partial charge in [0.15, 0.2) is 0 Å². The van der Waals surface area contributed by atoms with E-state index in [2.05, 4.69) is 16.8 Å². The van der Waals surface area contributed by atoms with E-state index in [0.29, 0.717) is 5.92 Å². The number of aromatic nitrogens is 1. The molecule has 1 aromatic carbocycles. The second kappa shape index (κ2) is 5.42. The summed E-state index contributed by atoms with van der Waals surface area (Å²) in [5.41, 5.74) is 1.78. The Labute approximate surface area is 113 Å². The van der Waals surface area contributed by atoms with Crippen molar-refractivity contribution in [3.8, 4) is 11.8 Å². The third kappa shape index (κ3) is 3.13. The highest BCUT2D eigenvalue weighted by atomic mass is 16.3. The monoisotopic (exact) mass is 251 g/mol. The molecule has 0 aliphatic heterocycles. The molecule has 1 aliphatic rings. The summed E-state index contributed by atoms with van der Waals surface area (Å²) in [6, 6.07) is 12.0. The SMILES string of the molecule is OC(CCC#Cc1ccc2ccccc2n1)C1CC1. The van der Waals surface area contributed by atoms with E-state index in [1.54, 1.807) is 0 Å². The molecule has 2 aromatic rings. The van der Waals surface area contributed by atoms with Crippen molar-refractivity contribution in [1.29, 1.82) is 0 Å². The van der Waals surface area contributed by atoms with E-state index in [4.69, 9.17) is 0 Å². The predicted molar refractivity (Wildman–Crippen MR) is 76.6 cm³/mol. The topological polar surface area (TPSA) is 33.1 Å². The third-order valence-corrected chi connectivity index (χ3v) is 3.55. The van der Waals surface area contributed by atoms with Crippen molar-refractivity contribution >= 4 is 10.9 Å². The highest BCUT2D eigenvalue weighted by Gasteiger charge is 2.28. The summed E-state index contributed by atoms with van der Waals surface area (Å²) in [7, 11) is 0. The molecule has 0 saturated heterocycles. The number of aliphatic hydroxyl groups excluding tert-OH is 1. The summed E-state index contributed by atoms with van der Waals surface area (Å²) in [6.07, 6.45) is 3.73. The Balaban J connectivity index is 1.64. The fraction of sp³-hybridized carbons (Fsp3) is 0.353. The van der Waals surface area contributed by atoms with E-state index in [-0.39, 0.29) is 6.10 Å². The quantitative estimate of drug-likeness (QED) is 0.850. The molecule has 1 aliphatic carbocycles. The Morgan fingerprint density at radius 2 is 2.05 bits per heavy atom. The molecule has 1 fully saturated rings. The van der Waals surface area contributed by atoms with Gasteiger partial charge in [-0.05, 0) is 43.2 Å². The molecule has 3 rings (SSSR count). The fourth-order valence-electron chi connectivity index (χ4n) is 2.23. The Kier molecular flexibility index (Phi) is 3.48. The van der Waals surface area contributed by atoms with Crippen LogP contribution in [0.3, 0.4) is 0 Å². The highest BCUT2D eigenvalue weighted by Crippen LogP contribution is 2.34. The molecule has 0 bridgehead atoms. The Morgan fingerprint density at radius 1 is 1.21 bits per heavy atom. The number of benzene rings is 1. The van der Waals surface area contributed by atoms with Gasteiger partial charge in [0.2, 0.25) is 0 Å². The summed E-state index contributed by atoms with van der Waals surface area (Å²) in [4.78, 5) is 4.50. The molecule has 1 aromatic heterocycles. The molecule has 1 unspecified atom stereocenters. The van der Waals surface area contributed by atoms with E-state index in [1.807, 2.05) is 36.4 Å². The third-order valence-electron chi connectivity index (χ3n) is 3.55. The molecule has 2 heteroatoms. The van der Waals surface area contributed by atoms with Crippen LogP contribution < -0.4 is 0 Å². The van der Waals surface area contributed by atoms with Gasteiger partial charge < -0.3 is 5.11 Å². The fourth-order valence-corrected chi connectivity index (χ4v) is 2.23. The molecule has 0 spiro atoms. The van der Waals surface area contributed by atoms with Crippen molar-refractivity contribution in [2.24, 2.45) is 5.92 Å². The number of hydrogen-bond donors (Lipinski definition) is 1. The van der Waals surface area contributed by atoms with Crippen LogP contribution >= 0.6 is 0 Å². The van der Waals surface area contributed by atoms with Gasteiger partial charge in [-0.2, -0.15) is 0 Å². The maximum atomic E-state index is 9.74. The average Bonchev–Trinajstić information content (AvgIpc) is 3.28. The normalized spacial score (nSPS) is 15.8. The van der Waals surface area contributed by atoms with Gasteiger partial charge in [0, 0.05) is 11.8 Å². The molecule has 19 heavy (non-hydrogen) atoms. The van der Waals surface area contributed by atoms with Crippen molar-refractivity contribution in [1.82, 2.24) is 4.98 Å². The van der Waals surface area contributed by atoms with Crippen LogP contribution in [0.25, 0.3) is 10.9 Å². The lowest BCUT2D eigenvalue weighted by Gasteiger charge is -2.04. The first-order chi connectivity index (χ1) is 9.33. The minimum Gasteiger partial charge on any atom is -0.393 e. The summed E-state index contributed by atoms with van der Waals surface area (Å²) >= 11 is 0. The second-order valence-corrected chi connectivity index (χ2v) is 5.13. The van der Waals surface area contributed by atoms with Gasteiger partial charge in [-0.3, -0.25) is 0 Å². The standard InChI is InChI=1S/C17H17NO/c19-17(14-9-10-14)8-4-2-6-15-12-11-13-5-1-3-7-16(13)18-15/h1,3,5,7,11-12,14,17,19H,4,8-10H2. The number of fused-ring (bicyclic) bond motifs is 1. The molecule has 96 valence electrons. The van der Waals surface area contributed by atoms with E-state index in [9.17, 15) is 5.11 Å². The van der Waals surface area contributed by atoms with Crippen LogP contribution in [0, 0.1) is 17.8 Å². The van der Waals surface area contributed by atoms with Crippen LogP contribution in [-0.2, 0) is 0 Å². The highest BCUT2D eigenvalue weighted by molar-refractivity contribution is 5.78. The van der Waals surface area contributed by atoms with Gasteiger partial charge in [-0.1, -0.05) is 30.2 Å². The Hall–Kier alpha value is -1.85. The minimum atomic E-state index is -0.154. The van der Waals surface area contributed by atoms with Gasteiger partial charge in [0.05, 0.1) is 11.6 Å². The maximum absolute atomic E-state index is 9.74. The van der Waals surface area contributed by atoms with Crippen LogP contribution in [-0.4, -0.2) is 16.2 Å². The number of hydrogen-bond acceptors (Lipinski definition) is 2. The Bertz CT molecular complexity index is 634. The summed E-state index contributed by atoms with van der Waals surface area (Å²) < 4.78 is 0. The van der Waals surface area contributed by atoms with E-state index >= 15 is 0 Å². The Morgan fingerprint density at radius 3 is 2.89 bits per heavy atom. The van der Waals surface area contributed by atoms with Gasteiger partial charge in [0.25, 0.3) is 0 Å². The zero-order valence-corrected chi connectivity index (χ0v) is 10.8. The molecular formula is C17H17NO. The summed E-state index contributed by atoms with van der Waals surface area (Å²) in [6.45, 7) is 0. The number of rotatable bonds is 3. The second-order valence-electron chi connectivity index (χ2n) is 5.13. The van der Waals surface area contributed by atoms with E-state index < -0.39 is 0 Å². The molecule has 1 N–H and O–H groups in total. The van der Waals surface area contributed by atoms with Gasteiger partial charge in [-0.25, -0.2) is 4.98 Å². The molecule has 0 radical (unpaired) electrons. The van der Waals surface area contributed by atoms with Crippen LogP contribution in [0.5, 0.6) is 0 Å². The number of nitrogens with zero attached hydrogens (tertiary/aromatic N) is 1. The van der Waals surface area contributed by atoms with Crippen molar-refractivity contribution in [3.05, 3.63) is 42.1 Å². The van der Waals surface area contributed by atoms with Gasteiger partial charge in [-0.15, -0.1) is 0 Å². The van der Waals surface area contributed by atoms with Crippen molar-refractivity contribution in [3.63, 3.8) is 0 Å². The first kappa shape index (κ1) is 12.2. The van der Waals surface area contributed by atoms with E-state index in [1.165, 1.54) is 12.8 Å². The zero-order chi connectivity index (χ0) is 13.1. The van der Waals surface area contributed by atoms with Crippen molar-refractivity contribution in [2.45, 2.75) is 31.8 Å². The lowest BCUT2D eigenvalue weighted by Crippen LogP contribution is -2.07. The van der Waals surface area contributed by atoms with E-state index in [0.717, 1.165) is 29.4 Å². The van der Waals surface area contributed by atoms with Gasteiger partial charge in [0.1, 0.15) is 5.69 Å². The predicted octanol–water partition coefficient (Wildman–Crippen LogP) is 3.14. The largest absolute Gasteiger partial charge is 0.393 e. The van der Waals surface area contributed by atoms with Crippen LogP contribution in [0.15, 0.2) is 36.4 Å². The minimum absolute atomic E-state index is 0.154. The number of pyridine rings is 1. The van der Waals surface area contributed by atoms with Crippen molar-refractivity contribution in [2.75, 3.05) is 0 Å². The number of para-hydroxylation sites is 1.